The van der Waals surface area contributed by atoms with Gasteiger partial charge in [0.25, 0.3) is 0 Å². The molecule has 6 N–H and O–H groups in total. The smallest absolute Gasteiger partial charge is 0.222 e. The van der Waals surface area contributed by atoms with Crippen molar-refractivity contribution in [2.45, 2.75) is 169 Å². The van der Waals surface area contributed by atoms with Crippen molar-refractivity contribution in [3.05, 3.63) is 0 Å². The Bertz CT molecular complexity index is 991. The lowest BCUT2D eigenvalue weighted by Crippen LogP contribution is -2.63. The molecule has 0 aromatic rings. The van der Waals surface area contributed by atoms with Crippen LogP contribution in [0, 0.1) is 46.3 Å². The monoisotopic (exact) mass is 719 g/mol. The Balaban J connectivity index is 1.56. The van der Waals surface area contributed by atoms with Crippen LogP contribution in [-0.2, 0) is 19.0 Å². The number of amides is 1. The van der Waals surface area contributed by atoms with Crippen LogP contribution < -0.4 is 17.2 Å². The zero-order valence-electron chi connectivity index (χ0n) is 33.9. The van der Waals surface area contributed by atoms with Gasteiger partial charge in [-0.05, 0) is 144 Å². The molecule has 0 radical (unpaired) electrons. The highest BCUT2D eigenvalue weighted by atomic mass is 16.5. The second kappa shape index (κ2) is 21.4. The standard InChI is InChI=1S/C43H82N4O4/c1-6-8-10-24-47(25-11-9-7-2)40(48)18-15-32(3)35-16-17-36-41-37(31-39(43(35,36)5)51-28-14-23-46)42(4)20-19-34(49-26-12-21-44)29-33(42)30-38(41)50-27-13-22-45/h32-39,41H,6-31,44-46H2,1-5H3/t32-,33+,34-,35-,36+,37+,38-,39+,41+,42+,43-/m1/s1. The second-order valence-electron chi connectivity index (χ2n) is 17.8. The van der Waals surface area contributed by atoms with Crippen LogP contribution in [0.1, 0.15) is 150 Å². The van der Waals surface area contributed by atoms with Gasteiger partial charge in [-0.3, -0.25) is 4.79 Å². The van der Waals surface area contributed by atoms with Gasteiger partial charge in [-0.2, -0.15) is 0 Å². The number of nitrogens with two attached hydrogens (primary N) is 3. The van der Waals surface area contributed by atoms with E-state index < -0.39 is 0 Å². The molecule has 0 aliphatic heterocycles. The van der Waals surface area contributed by atoms with E-state index in [-0.39, 0.29) is 23.0 Å². The fourth-order valence-corrected chi connectivity index (χ4v) is 11.8. The summed E-state index contributed by atoms with van der Waals surface area (Å²) in [5.74, 6) is 3.63. The molecule has 0 aromatic carbocycles. The zero-order valence-corrected chi connectivity index (χ0v) is 33.9. The zero-order chi connectivity index (χ0) is 36.9. The molecule has 8 heteroatoms. The average Bonchev–Trinajstić information content (AvgIpc) is 3.48. The number of nitrogens with zero attached hydrogens (tertiary/aromatic N) is 1. The minimum Gasteiger partial charge on any atom is -0.378 e. The molecule has 4 rings (SSSR count). The van der Waals surface area contributed by atoms with Crippen LogP contribution in [0.3, 0.4) is 0 Å². The van der Waals surface area contributed by atoms with Crippen LogP contribution in [0.25, 0.3) is 0 Å². The molecule has 0 spiro atoms. The maximum Gasteiger partial charge on any atom is 0.222 e. The third kappa shape index (κ3) is 10.5. The third-order valence-corrected chi connectivity index (χ3v) is 14.7. The van der Waals surface area contributed by atoms with Gasteiger partial charge in [-0.15, -0.1) is 0 Å². The Hall–Kier alpha value is -0.770. The van der Waals surface area contributed by atoms with E-state index in [0.717, 1.165) is 97.1 Å². The Morgan fingerprint density at radius 2 is 1.39 bits per heavy atom. The van der Waals surface area contributed by atoms with Gasteiger partial charge in [0.05, 0.1) is 18.3 Å². The van der Waals surface area contributed by atoms with Crippen molar-refractivity contribution >= 4 is 5.91 Å². The molecule has 0 saturated heterocycles. The lowest BCUT2D eigenvalue weighted by atomic mass is 9.43. The van der Waals surface area contributed by atoms with Crippen LogP contribution in [0.2, 0.25) is 0 Å². The van der Waals surface area contributed by atoms with Crippen LogP contribution in [0.15, 0.2) is 0 Å². The summed E-state index contributed by atoms with van der Waals surface area (Å²) in [7, 11) is 0. The molecule has 51 heavy (non-hydrogen) atoms. The van der Waals surface area contributed by atoms with Crippen LogP contribution in [-0.4, -0.2) is 81.7 Å². The van der Waals surface area contributed by atoms with Crippen molar-refractivity contribution in [1.82, 2.24) is 4.90 Å². The van der Waals surface area contributed by atoms with Crippen molar-refractivity contribution in [3.63, 3.8) is 0 Å². The molecule has 0 unspecified atom stereocenters. The first-order chi connectivity index (χ1) is 24.7. The van der Waals surface area contributed by atoms with E-state index in [1.54, 1.807) is 0 Å². The molecule has 8 nitrogen and oxygen atoms in total. The second-order valence-corrected chi connectivity index (χ2v) is 17.8. The van der Waals surface area contributed by atoms with Gasteiger partial charge in [0, 0.05) is 44.7 Å². The lowest BCUT2D eigenvalue weighted by Gasteiger charge is -2.65. The average molecular weight is 719 g/mol. The highest BCUT2D eigenvalue weighted by Gasteiger charge is 2.66. The number of unbranched alkanes of at least 4 members (excludes halogenated alkanes) is 4. The lowest BCUT2D eigenvalue weighted by molar-refractivity contribution is -0.227. The first kappa shape index (κ1) is 43.0. The molecule has 0 bridgehead atoms. The molecule has 4 fully saturated rings. The number of carbonyl (C=O) groups is 1. The summed E-state index contributed by atoms with van der Waals surface area (Å²) in [6.45, 7) is 18.3. The van der Waals surface area contributed by atoms with Crippen molar-refractivity contribution in [3.8, 4) is 0 Å². The fourth-order valence-electron chi connectivity index (χ4n) is 11.8. The predicted octanol–water partition coefficient (Wildman–Crippen LogP) is 7.69. The van der Waals surface area contributed by atoms with Crippen molar-refractivity contribution in [1.29, 1.82) is 0 Å². The van der Waals surface area contributed by atoms with Crippen LogP contribution >= 0.6 is 0 Å². The molecular weight excluding hydrogens is 636 g/mol. The summed E-state index contributed by atoms with van der Waals surface area (Å²) in [6.07, 6.45) is 20.4. The summed E-state index contributed by atoms with van der Waals surface area (Å²) in [5, 5.41) is 0. The van der Waals surface area contributed by atoms with Crippen LogP contribution in [0.4, 0.5) is 0 Å². The number of fused-ring (bicyclic) bond motifs is 5. The summed E-state index contributed by atoms with van der Waals surface area (Å²) >= 11 is 0. The summed E-state index contributed by atoms with van der Waals surface area (Å²) in [6, 6.07) is 0. The minimum atomic E-state index is 0.0569. The third-order valence-electron chi connectivity index (χ3n) is 14.7. The molecule has 298 valence electrons. The van der Waals surface area contributed by atoms with Gasteiger partial charge in [0.15, 0.2) is 0 Å². The maximum absolute atomic E-state index is 13.7. The molecule has 4 aliphatic rings. The highest BCUT2D eigenvalue weighted by molar-refractivity contribution is 5.76. The van der Waals surface area contributed by atoms with E-state index in [4.69, 9.17) is 31.4 Å². The van der Waals surface area contributed by atoms with E-state index >= 15 is 0 Å². The minimum absolute atomic E-state index is 0.0569. The van der Waals surface area contributed by atoms with Crippen molar-refractivity contribution < 1.29 is 19.0 Å². The number of carbonyl (C=O) groups excluding carboxylic acids is 1. The normalized spacial score (nSPS) is 35.2. The molecule has 4 aliphatic carbocycles. The SMILES string of the molecule is CCCCCN(CCCCC)C(=O)CC[C@@H](C)[C@H]1CC[C@H]2[C@@H]3[C@H](OCCCN)C[C@@H]4C[C@H](OCCCN)CC[C@]4(C)[C@H]3C[C@H](OCCCN)[C@]12C. The first-order valence-corrected chi connectivity index (χ1v) is 21.9. The summed E-state index contributed by atoms with van der Waals surface area (Å²) in [5.41, 5.74) is 18.1. The molecule has 1 amide bonds. The van der Waals surface area contributed by atoms with E-state index in [2.05, 4.69) is 39.5 Å². The molecular formula is C43H82N4O4. The van der Waals surface area contributed by atoms with E-state index in [0.29, 0.717) is 73.6 Å². The topological polar surface area (TPSA) is 126 Å². The number of hydrogen-bond acceptors (Lipinski definition) is 7. The number of ether oxygens (including phenoxy) is 3. The quantitative estimate of drug-likeness (QED) is 0.0874. The van der Waals surface area contributed by atoms with Gasteiger partial charge < -0.3 is 36.3 Å². The first-order valence-electron chi connectivity index (χ1n) is 21.9. The van der Waals surface area contributed by atoms with Crippen molar-refractivity contribution in [2.24, 2.45) is 63.5 Å². The predicted molar refractivity (Wildman–Crippen MR) is 210 cm³/mol. The molecule has 4 saturated carbocycles. The maximum atomic E-state index is 13.7. The van der Waals surface area contributed by atoms with Crippen LogP contribution in [0.5, 0.6) is 0 Å². The summed E-state index contributed by atoms with van der Waals surface area (Å²) in [4.78, 5) is 15.9. The fraction of sp³-hybridized carbons (Fsp3) is 0.977. The summed E-state index contributed by atoms with van der Waals surface area (Å²) < 4.78 is 20.4. The van der Waals surface area contributed by atoms with Gasteiger partial charge in [-0.25, -0.2) is 0 Å². The van der Waals surface area contributed by atoms with E-state index in [1.165, 1.54) is 44.9 Å². The number of rotatable bonds is 24. The Labute approximate surface area is 313 Å². The largest absolute Gasteiger partial charge is 0.378 e. The van der Waals surface area contributed by atoms with Gasteiger partial charge in [0.1, 0.15) is 0 Å². The molecule has 0 heterocycles. The van der Waals surface area contributed by atoms with Gasteiger partial charge in [-0.1, -0.05) is 60.3 Å². The Morgan fingerprint density at radius 1 is 0.765 bits per heavy atom. The Kier molecular flexibility index (Phi) is 18.0. The molecule has 11 atom stereocenters. The van der Waals surface area contributed by atoms with Gasteiger partial charge >= 0.3 is 0 Å². The van der Waals surface area contributed by atoms with Gasteiger partial charge in [0.2, 0.25) is 5.91 Å². The van der Waals surface area contributed by atoms with Crippen molar-refractivity contribution in [2.75, 3.05) is 52.5 Å². The number of hydrogen-bond donors (Lipinski definition) is 3. The highest BCUT2D eigenvalue weighted by Crippen LogP contribution is 2.69. The van der Waals surface area contributed by atoms with E-state index in [1.807, 2.05) is 0 Å². The van der Waals surface area contributed by atoms with E-state index in [9.17, 15) is 4.79 Å². The Morgan fingerprint density at radius 3 is 2.02 bits per heavy atom. The molecule has 0 aromatic heterocycles.